The number of rotatable bonds is 6. The van der Waals surface area contributed by atoms with E-state index >= 15 is 0 Å². The van der Waals surface area contributed by atoms with Crippen molar-refractivity contribution in [1.82, 2.24) is 15.1 Å². The summed E-state index contributed by atoms with van der Waals surface area (Å²) < 4.78 is 5.03. The van der Waals surface area contributed by atoms with Crippen molar-refractivity contribution in [3.8, 4) is 0 Å². The predicted octanol–water partition coefficient (Wildman–Crippen LogP) is -0.0413. The molecular weight excluding hydrogens is 238 g/mol. The molecule has 0 aromatic rings. The minimum absolute atomic E-state index is 0.384. The van der Waals surface area contributed by atoms with Gasteiger partial charge in [-0.05, 0) is 12.3 Å². The molecule has 18 heavy (non-hydrogen) atoms. The molecule has 0 aromatic heterocycles. The van der Waals surface area contributed by atoms with E-state index in [1.54, 1.807) is 19.1 Å². The Bertz CT molecular complexity index is 310. The van der Waals surface area contributed by atoms with Crippen LogP contribution in [0.25, 0.3) is 0 Å². The third-order valence-corrected chi connectivity index (χ3v) is 2.79. The fraction of sp³-hybridized carbons (Fsp3) is 0.900. The molecule has 8 nitrogen and oxygen atoms in total. The zero-order chi connectivity index (χ0) is 13.5. The molecular formula is C10H21N5O3. The Morgan fingerprint density at radius 3 is 2.94 bits per heavy atom. The summed E-state index contributed by atoms with van der Waals surface area (Å²) in [6, 6.07) is 0. The molecule has 1 heterocycles. The van der Waals surface area contributed by atoms with Gasteiger partial charge in [0.1, 0.15) is 5.10 Å². The SMILES string of the molecule is COCCC(C)CN1CNCN(C)/C1=N\[N+](=O)[O-]. The smallest absolute Gasteiger partial charge is 0.275 e. The molecule has 1 aliphatic rings. The molecule has 1 unspecified atom stereocenters. The van der Waals surface area contributed by atoms with Gasteiger partial charge in [0.15, 0.2) is 5.03 Å². The van der Waals surface area contributed by atoms with Crippen molar-refractivity contribution in [2.75, 3.05) is 40.6 Å². The number of guanidine groups is 1. The lowest BCUT2D eigenvalue weighted by atomic mass is 10.1. The van der Waals surface area contributed by atoms with Crippen LogP contribution in [-0.2, 0) is 4.74 Å². The molecule has 1 atom stereocenters. The lowest BCUT2D eigenvalue weighted by molar-refractivity contribution is -0.486. The molecule has 8 heteroatoms. The van der Waals surface area contributed by atoms with Gasteiger partial charge in [0.2, 0.25) is 0 Å². The van der Waals surface area contributed by atoms with E-state index in [9.17, 15) is 10.1 Å². The Balaban J connectivity index is 2.62. The van der Waals surface area contributed by atoms with Crippen molar-refractivity contribution in [3.05, 3.63) is 10.1 Å². The molecule has 1 aliphatic heterocycles. The molecule has 0 amide bonds. The summed E-state index contributed by atoms with van der Waals surface area (Å²) in [5, 5.41) is 16.5. The van der Waals surface area contributed by atoms with Gasteiger partial charge in [-0.25, -0.2) is 10.1 Å². The van der Waals surface area contributed by atoms with Gasteiger partial charge in [0, 0.05) is 27.3 Å². The lowest BCUT2D eigenvalue weighted by Crippen LogP contribution is -2.56. The number of methoxy groups -OCH3 is 1. The minimum atomic E-state index is -0.649. The summed E-state index contributed by atoms with van der Waals surface area (Å²) in [7, 11) is 3.45. The van der Waals surface area contributed by atoms with E-state index in [-0.39, 0.29) is 0 Å². The molecule has 1 fully saturated rings. The van der Waals surface area contributed by atoms with Crippen LogP contribution in [0.5, 0.6) is 0 Å². The number of nitro groups is 1. The second-order valence-corrected chi connectivity index (χ2v) is 4.51. The van der Waals surface area contributed by atoms with Crippen LogP contribution >= 0.6 is 0 Å². The summed E-state index contributed by atoms with van der Waals surface area (Å²) in [4.78, 5) is 14.2. The maximum atomic E-state index is 10.5. The second kappa shape index (κ2) is 7.12. The first-order valence-corrected chi connectivity index (χ1v) is 5.93. The number of nitrogens with one attached hydrogen (secondary N) is 1. The number of hydrogen-bond acceptors (Lipinski definition) is 4. The van der Waals surface area contributed by atoms with Crippen molar-refractivity contribution >= 4 is 5.96 Å². The largest absolute Gasteiger partial charge is 0.385 e. The molecule has 0 bridgehead atoms. The number of hydrazone groups is 1. The molecule has 0 aliphatic carbocycles. The standard InChI is InChI=1S/C10H21N5O3/c1-9(4-5-18-3)6-14-8-11-7-13(2)10(14)12-15(16)17/h9,11H,4-8H2,1-3H3/b12-10+. The third-order valence-electron chi connectivity index (χ3n) is 2.79. The van der Waals surface area contributed by atoms with Crippen LogP contribution in [0.2, 0.25) is 0 Å². The van der Waals surface area contributed by atoms with E-state index in [1.807, 2.05) is 4.90 Å². The fourth-order valence-electron chi connectivity index (χ4n) is 1.88. The normalized spacial score (nSPS) is 20.3. The van der Waals surface area contributed by atoms with Crippen LogP contribution in [0.4, 0.5) is 0 Å². The Hall–Kier alpha value is -1.41. The Kier molecular flexibility index (Phi) is 5.79. The van der Waals surface area contributed by atoms with Crippen LogP contribution in [0.3, 0.4) is 0 Å². The van der Waals surface area contributed by atoms with Gasteiger partial charge in [0.25, 0.3) is 5.96 Å². The Morgan fingerprint density at radius 2 is 2.33 bits per heavy atom. The second-order valence-electron chi connectivity index (χ2n) is 4.51. The van der Waals surface area contributed by atoms with Crippen LogP contribution in [0.15, 0.2) is 5.10 Å². The van der Waals surface area contributed by atoms with Gasteiger partial charge < -0.3 is 14.5 Å². The van der Waals surface area contributed by atoms with Gasteiger partial charge in [0.05, 0.1) is 13.3 Å². The van der Waals surface area contributed by atoms with E-state index in [0.29, 0.717) is 38.4 Å². The Labute approximate surface area is 107 Å². The summed E-state index contributed by atoms with van der Waals surface area (Å²) in [5.41, 5.74) is 0. The maximum Gasteiger partial charge on any atom is 0.275 e. The number of nitrogens with zero attached hydrogens (tertiary/aromatic N) is 4. The Morgan fingerprint density at radius 1 is 1.61 bits per heavy atom. The predicted molar refractivity (Wildman–Crippen MR) is 67.4 cm³/mol. The zero-order valence-corrected chi connectivity index (χ0v) is 11.1. The molecule has 0 saturated carbocycles. The molecule has 0 radical (unpaired) electrons. The van der Waals surface area contributed by atoms with Crippen molar-refractivity contribution in [2.45, 2.75) is 13.3 Å². The number of hydrogen-bond donors (Lipinski definition) is 1. The van der Waals surface area contributed by atoms with Crippen LogP contribution in [0.1, 0.15) is 13.3 Å². The molecule has 104 valence electrons. The number of ether oxygens (including phenoxy) is 1. The average molecular weight is 259 g/mol. The average Bonchev–Trinajstić information content (AvgIpc) is 2.30. The summed E-state index contributed by atoms with van der Waals surface area (Å²) in [5.74, 6) is 0.790. The van der Waals surface area contributed by atoms with Crippen molar-refractivity contribution in [3.63, 3.8) is 0 Å². The maximum absolute atomic E-state index is 10.5. The molecule has 0 spiro atoms. The highest BCUT2D eigenvalue weighted by Crippen LogP contribution is 2.09. The van der Waals surface area contributed by atoms with E-state index in [2.05, 4.69) is 17.3 Å². The van der Waals surface area contributed by atoms with Crippen molar-refractivity contribution in [1.29, 1.82) is 0 Å². The first kappa shape index (κ1) is 14.7. The minimum Gasteiger partial charge on any atom is -0.385 e. The fourth-order valence-corrected chi connectivity index (χ4v) is 1.88. The van der Waals surface area contributed by atoms with Gasteiger partial charge in [-0.2, -0.15) is 0 Å². The zero-order valence-electron chi connectivity index (χ0n) is 11.1. The molecule has 1 N–H and O–H groups in total. The first-order chi connectivity index (χ1) is 8.54. The highest BCUT2D eigenvalue weighted by Gasteiger charge is 2.25. The molecule has 1 saturated heterocycles. The van der Waals surface area contributed by atoms with E-state index in [1.165, 1.54) is 0 Å². The van der Waals surface area contributed by atoms with E-state index in [0.717, 1.165) is 6.42 Å². The highest BCUT2D eigenvalue weighted by atomic mass is 16.7. The van der Waals surface area contributed by atoms with E-state index in [4.69, 9.17) is 4.74 Å². The van der Waals surface area contributed by atoms with Crippen molar-refractivity contribution < 1.29 is 9.77 Å². The van der Waals surface area contributed by atoms with Gasteiger partial charge in [-0.15, -0.1) is 0 Å². The highest BCUT2D eigenvalue weighted by molar-refractivity contribution is 5.79. The summed E-state index contributed by atoms with van der Waals surface area (Å²) in [6.45, 7) is 4.65. The van der Waals surface area contributed by atoms with Gasteiger partial charge >= 0.3 is 0 Å². The van der Waals surface area contributed by atoms with Crippen molar-refractivity contribution in [2.24, 2.45) is 11.0 Å². The first-order valence-electron chi connectivity index (χ1n) is 5.93. The summed E-state index contributed by atoms with van der Waals surface area (Å²) in [6.07, 6.45) is 0.919. The van der Waals surface area contributed by atoms with Gasteiger partial charge in [-0.3, -0.25) is 5.32 Å². The third kappa shape index (κ3) is 4.46. The quantitative estimate of drug-likeness (QED) is 0.532. The van der Waals surface area contributed by atoms with E-state index < -0.39 is 5.03 Å². The van der Waals surface area contributed by atoms with Crippen LogP contribution < -0.4 is 5.32 Å². The monoisotopic (exact) mass is 259 g/mol. The van der Waals surface area contributed by atoms with Crippen LogP contribution in [-0.4, -0.2) is 61.4 Å². The molecule has 0 aromatic carbocycles. The summed E-state index contributed by atoms with van der Waals surface area (Å²) >= 11 is 0. The van der Waals surface area contributed by atoms with Crippen LogP contribution in [0, 0.1) is 16.0 Å². The lowest BCUT2D eigenvalue weighted by Gasteiger charge is -2.36. The van der Waals surface area contributed by atoms with Gasteiger partial charge in [-0.1, -0.05) is 6.92 Å². The molecule has 1 rings (SSSR count). The topological polar surface area (TPSA) is 83.2 Å².